The Labute approximate surface area is 158 Å². The number of nitrogens with zero attached hydrogens (tertiary/aromatic N) is 1. The van der Waals surface area contributed by atoms with Crippen LogP contribution in [0, 0.1) is 5.82 Å². The minimum atomic E-state index is -1.32. The third kappa shape index (κ3) is 3.54. The van der Waals surface area contributed by atoms with Crippen molar-refractivity contribution in [3.8, 4) is 0 Å². The number of aliphatic hydroxyl groups excluding tert-OH is 1. The highest BCUT2D eigenvalue weighted by molar-refractivity contribution is 6.46. The molecule has 0 saturated carbocycles. The van der Waals surface area contributed by atoms with Crippen LogP contribution in [-0.4, -0.2) is 39.3 Å². The first-order valence-electron chi connectivity index (χ1n) is 7.81. The van der Waals surface area contributed by atoms with E-state index >= 15 is 0 Å². The normalized spacial score (nSPS) is 18.7. The van der Waals surface area contributed by atoms with E-state index in [4.69, 9.17) is 16.7 Å². The molecular weight excluding hydrogens is 377 g/mol. The third-order valence-corrected chi connectivity index (χ3v) is 4.40. The van der Waals surface area contributed by atoms with Crippen LogP contribution in [0.2, 0.25) is 5.02 Å². The lowest BCUT2D eigenvalue weighted by molar-refractivity contribution is -0.146. The first-order valence-corrected chi connectivity index (χ1v) is 8.19. The maximum atomic E-state index is 13.3. The van der Waals surface area contributed by atoms with Crippen LogP contribution in [0.4, 0.5) is 4.39 Å². The van der Waals surface area contributed by atoms with Crippen molar-refractivity contribution in [2.24, 2.45) is 0 Å². The lowest BCUT2D eigenvalue weighted by Crippen LogP contribution is -2.34. The van der Waals surface area contributed by atoms with Gasteiger partial charge in [0.15, 0.2) is 0 Å². The fourth-order valence-corrected chi connectivity index (χ4v) is 3.07. The second-order valence-corrected chi connectivity index (χ2v) is 6.32. The molecule has 1 atom stereocenters. The minimum absolute atomic E-state index is 0.236. The molecule has 1 fully saturated rings. The largest absolute Gasteiger partial charge is 0.507 e. The van der Waals surface area contributed by atoms with Crippen LogP contribution >= 0.6 is 11.6 Å². The highest BCUT2D eigenvalue weighted by Gasteiger charge is 2.46. The summed E-state index contributed by atoms with van der Waals surface area (Å²) in [5.74, 6) is -4.39. The van der Waals surface area contributed by atoms with Crippen LogP contribution in [0.3, 0.4) is 0 Å². The van der Waals surface area contributed by atoms with Gasteiger partial charge in [-0.2, -0.15) is 0 Å². The number of Topliss-reactive ketones (excluding diaryl/α,β-unsaturated/α-hetero) is 1. The summed E-state index contributed by atoms with van der Waals surface area (Å²) in [5.41, 5.74) is 0.266. The van der Waals surface area contributed by atoms with Crippen molar-refractivity contribution in [3.63, 3.8) is 0 Å². The van der Waals surface area contributed by atoms with Crippen LogP contribution < -0.4 is 0 Å². The van der Waals surface area contributed by atoms with Gasteiger partial charge >= 0.3 is 5.97 Å². The number of benzene rings is 2. The Hall–Kier alpha value is -3.19. The molecule has 2 aromatic carbocycles. The molecule has 0 radical (unpaired) electrons. The summed E-state index contributed by atoms with van der Waals surface area (Å²) in [6, 6.07) is 9.67. The van der Waals surface area contributed by atoms with E-state index in [-0.39, 0.29) is 11.1 Å². The van der Waals surface area contributed by atoms with E-state index < -0.39 is 41.8 Å². The standard InChI is InChI=1S/C19H13ClFNO5/c20-12-5-1-11(2-6-12)17(25)15-16(10-3-7-13(21)8-4-10)22(9-14(23)24)19(27)18(15)26/h1-8,16,25H,9H2,(H,23,24)/b17-15+/t16-/m0/s1. The Bertz CT molecular complexity index is 953. The van der Waals surface area contributed by atoms with Gasteiger partial charge in [0, 0.05) is 10.6 Å². The van der Waals surface area contributed by atoms with Crippen molar-refractivity contribution in [3.05, 3.63) is 76.1 Å². The predicted molar refractivity (Wildman–Crippen MR) is 94.5 cm³/mol. The van der Waals surface area contributed by atoms with Crippen LogP contribution in [0.1, 0.15) is 17.2 Å². The van der Waals surface area contributed by atoms with Gasteiger partial charge in [0.25, 0.3) is 11.7 Å². The number of carboxylic acids is 1. The lowest BCUT2D eigenvalue weighted by atomic mass is 9.95. The monoisotopic (exact) mass is 389 g/mol. The molecule has 0 unspecified atom stereocenters. The summed E-state index contributed by atoms with van der Waals surface area (Å²) >= 11 is 5.82. The first kappa shape index (κ1) is 18.6. The van der Waals surface area contributed by atoms with Gasteiger partial charge in [0.05, 0.1) is 11.6 Å². The molecular formula is C19H13ClFNO5. The molecule has 6 nitrogen and oxygen atoms in total. The van der Waals surface area contributed by atoms with Crippen LogP contribution in [0.25, 0.3) is 5.76 Å². The van der Waals surface area contributed by atoms with E-state index in [2.05, 4.69) is 0 Å². The van der Waals surface area contributed by atoms with E-state index in [1.807, 2.05) is 0 Å². The Morgan fingerprint density at radius 2 is 1.63 bits per heavy atom. The van der Waals surface area contributed by atoms with Crippen molar-refractivity contribution >= 4 is 35.0 Å². The summed E-state index contributed by atoms with van der Waals surface area (Å²) in [6.45, 7) is -0.746. The topological polar surface area (TPSA) is 94.9 Å². The quantitative estimate of drug-likeness (QED) is 0.476. The number of carboxylic acid groups (broad SMARTS) is 1. The number of ketones is 1. The molecule has 1 aliphatic heterocycles. The fraction of sp³-hybridized carbons (Fsp3) is 0.105. The number of carbonyl (C=O) groups excluding carboxylic acids is 2. The van der Waals surface area contributed by atoms with Gasteiger partial charge < -0.3 is 15.1 Å². The van der Waals surface area contributed by atoms with Gasteiger partial charge in [-0.3, -0.25) is 14.4 Å². The highest BCUT2D eigenvalue weighted by atomic mass is 35.5. The van der Waals surface area contributed by atoms with E-state index in [0.29, 0.717) is 10.6 Å². The molecule has 1 amide bonds. The first-order chi connectivity index (χ1) is 12.8. The molecule has 1 saturated heterocycles. The highest BCUT2D eigenvalue weighted by Crippen LogP contribution is 2.39. The SMILES string of the molecule is O=C(O)CN1C(=O)C(=O)/C(=C(/O)c2ccc(Cl)cc2)[C@@H]1c1ccc(F)cc1. The van der Waals surface area contributed by atoms with Crippen LogP contribution in [0.15, 0.2) is 54.1 Å². The average Bonchev–Trinajstić information content (AvgIpc) is 2.87. The van der Waals surface area contributed by atoms with E-state index in [0.717, 1.165) is 17.0 Å². The maximum Gasteiger partial charge on any atom is 0.323 e. The molecule has 1 heterocycles. The molecule has 0 aromatic heterocycles. The van der Waals surface area contributed by atoms with Crippen molar-refractivity contribution in [2.75, 3.05) is 6.54 Å². The van der Waals surface area contributed by atoms with Crippen LogP contribution in [-0.2, 0) is 14.4 Å². The van der Waals surface area contributed by atoms with Gasteiger partial charge in [-0.05, 0) is 42.0 Å². The number of rotatable bonds is 4. The van der Waals surface area contributed by atoms with Crippen molar-refractivity contribution in [1.82, 2.24) is 4.90 Å². The molecule has 0 bridgehead atoms. The fourth-order valence-electron chi connectivity index (χ4n) is 2.94. The molecule has 0 aliphatic carbocycles. The van der Waals surface area contributed by atoms with E-state index in [9.17, 15) is 23.9 Å². The Kier molecular flexibility index (Phi) is 4.96. The molecule has 138 valence electrons. The molecule has 2 N–H and O–H groups in total. The van der Waals surface area contributed by atoms with Gasteiger partial charge in [-0.25, -0.2) is 4.39 Å². The predicted octanol–water partition coefficient (Wildman–Crippen LogP) is 2.99. The molecule has 27 heavy (non-hydrogen) atoms. The summed E-state index contributed by atoms with van der Waals surface area (Å²) < 4.78 is 13.3. The smallest absolute Gasteiger partial charge is 0.323 e. The Morgan fingerprint density at radius 1 is 1.04 bits per heavy atom. The average molecular weight is 390 g/mol. The second kappa shape index (κ2) is 7.20. The van der Waals surface area contributed by atoms with Crippen molar-refractivity contribution in [2.45, 2.75) is 6.04 Å². The summed E-state index contributed by atoms with van der Waals surface area (Å²) in [4.78, 5) is 36.9. The zero-order valence-corrected chi connectivity index (χ0v) is 14.5. The van der Waals surface area contributed by atoms with Gasteiger partial charge in [-0.1, -0.05) is 23.7 Å². The van der Waals surface area contributed by atoms with Crippen molar-refractivity contribution in [1.29, 1.82) is 0 Å². The number of halogens is 2. The van der Waals surface area contributed by atoms with Gasteiger partial charge in [-0.15, -0.1) is 0 Å². The molecule has 3 rings (SSSR count). The van der Waals surface area contributed by atoms with Gasteiger partial charge in [0.1, 0.15) is 18.1 Å². The minimum Gasteiger partial charge on any atom is -0.507 e. The van der Waals surface area contributed by atoms with Crippen LogP contribution in [0.5, 0.6) is 0 Å². The zero-order chi connectivity index (χ0) is 19.7. The summed E-state index contributed by atoms with van der Waals surface area (Å²) in [5, 5.41) is 20.2. The Morgan fingerprint density at radius 3 is 2.19 bits per heavy atom. The van der Waals surface area contributed by atoms with Crippen molar-refractivity contribution < 1.29 is 29.0 Å². The van der Waals surface area contributed by atoms with E-state index in [1.165, 1.54) is 36.4 Å². The number of aliphatic hydroxyl groups is 1. The summed E-state index contributed by atoms with van der Waals surface area (Å²) in [7, 11) is 0. The molecule has 2 aromatic rings. The number of hydrogen-bond donors (Lipinski definition) is 2. The Balaban J connectivity index is 2.19. The molecule has 8 heteroatoms. The number of hydrogen-bond acceptors (Lipinski definition) is 4. The zero-order valence-electron chi connectivity index (χ0n) is 13.7. The number of amides is 1. The van der Waals surface area contributed by atoms with E-state index in [1.54, 1.807) is 0 Å². The molecule has 1 aliphatic rings. The maximum absolute atomic E-state index is 13.3. The number of aliphatic carboxylic acids is 1. The number of likely N-dealkylation sites (tertiary alicyclic amines) is 1. The number of carbonyl (C=O) groups is 3. The lowest BCUT2D eigenvalue weighted by Gasteiger charge is -2.23. The second-order valence-electron chi connectivity index (χ2n) is 5.88. The third-order valence-electron chi connectivity index (χ3n) is 4.15. The summed E-state index contributed by atoms with van der Waals surface area (Å²) in [6.07, 6.45) is 0. The molecule has 0 spiro atoms. The van der Waals surface area contributed by atoms with Gasteiger partial charge in [0.2, 0.25) is 0 Å².